The van der Waals surface area contributed by atoms with Crippen molar-refractivity contribution < 1.29 is 25.8 Å². The quantitative estimate of drug-likeness (QED) is 0.132. The molecule has 0 aliphatic rings. The Morgan fingerprint density at radius 2 is 1.36 bits per heavy atom. The minimum atomic E-state index is 0. The third kappa shape index (κ3) is 4.39. The van der Waals surface area contributed by atoms with Crippen molar-refractivity contribution in [2.45, 2.75) is 34.6 Å². The third-order valence-corrected chi connectivity index (χ3v) is 9.22. The summed E-state index contributed by atoms with van der Waals surface area (Å²) in [4.78, 5) is 14.9. The molecule has 0 saturated heterocycles. The van der Waals surface area contributed by atoms with Gasteiger partial charge in [-0.05, 0) is 69.3 Å². The molecule has 9 aromatic rings. The fourth-order valence-electron chi connectivity index (χ4n) is 7.17. The second-order valence-corrected chi connectivity index (χ2v) is 12.2. The fraction of sp³-hybridized carbons (Fsp3) is 0.125. The largest absolute Gasteiger partial charge is 2.00 e. The van der Waals surface area contributed by atoms with Gasteiger partial charge in [0.2, 0.25) is 0 Å². The van der Waals surface area contributed by atoms with Crippen LogP contribution in [-0.2, 0) is 21.1 Å². The Balaban J connectivity index is 0.00000324. The predicted molar refractivity (Wildman–Crippen MR) is 185 cm³/mol. The molecule has 0 N–H and O–H groups in total. The molecule has 47 heavy (non-hydrogen) atoms. The number of aromatic nitrogens is 5. The van der Waals surface area contributed by atoms with E-state index in [9.17, 15) is 0 Å². The van der Waals surface area contributed by atoms with Gasteiger partial charge in [-0.15, -0.1) is 12.1 Å². The molecule has 230 valence electrons. The zero-order valence-electron chi connectivity index (χ0n) is 26.5. The summed E-state index contributed by atoms with van der Waals surface area (Å²) in [5.74, 6) is 1.18. The number of para-hydroxylation sites is 1. The van der Waals surface area contributed by atoms with Crippen molar-refractivity contribution >= 4 is 54.8 Å². The van der Waals surface area contributed by atoms with E-state index in [1.165, 1.54) is 16.7 Å². The van der Waals surface area contributed by atoms with Gasteiger partial charge in [0, 0.05) is 46.4 Å². The molecule has 5 aromatic heterocycles. The molecular formula is C40H29N5OPt. The molecule has 0 atom stereocenters. The normalized spacial score (nSPS) is 11.8. The number of ether oxygens (including phenoxy) is 1. The summed E-state index contributed by atoms with van der Waals surface area (Å²) in [5.41, 5.74) is 12.6. The number of nitrogens with zero attached hydrogens (tertiary/aromatic N) is 5. The minimum Gasteiger partial charge on any atom is -0.497 e. The Bertz CT molecular complexity index is 2720. The van der Waals surface area contributed by atoms with Crippen molar-refractivity contribution in [1.29, 1.82) is 0 Å². The fourth-order valence-corrected chi connectivity index (χ4v) is 7.17. The van der Waals surface area contributed by atoms with Crippen LogP contribution in [0.5, 0.6) is 11.5 Å². The second-order valence-electron chi connectivity index (χ2n) is 12.2. The van der Waals surface area contributed by atoms with Gasteiger partial charge in [0.25, 0.3) is 0 Å². The van der Waals surface area contributed by atoms with Crippen LogP contribution in [0.15, 0.2) is 85.2 Å². The summed E-state index contributed by atoms with van der Waals surface area (Å²) in [6, 6.07) is 32.1. The standard InChI is InChI=1S/C40H29N5O.Pt/c1-22-17-23(2)37(24(3)18-22)34-21-44-36-11-8-16-41-38(36)31-15-13-28(20-33(31)39(44)43-34)46-27-12-14-29-30-9-6-7-10-35(30)45-26(5)25(4)42-40(45)32(29)19-27;/h6-18,21H,1-5H3;/q-2;+2. The van der Waals surface area contributed by atoms with Crippen LogP contribution in [0.25, 0.3) is 66.0 Å². The summed E-state index contributed by atoms with van der Waals surface area (Å²) in [5, 5.41) is 5.00. The van der Waals surface area contributed by atoms with Crippen LogP contribution in [0.3, 0.4) is 0 Å². The maximum Gasteiger partial charge on any atom is 2.00 e. The molecule has 4 aromatic carbocycles. The van der Waals surface area contributed by atoms with E-state index in [0.717, 1.165) is 77.4 Å². The second kappa shape index (κ2) is 10.7. The molecular weight excluding hydrogens is 762 g/mol. The molecule has 9 rings (SSSR count). The number of rotatable bonds is 3. The average Bonchev–Trinajstić information content (AvgIpc) is 3.62. The van der Waals surface area contributed by atoms with Crippen LogP contribution in [-0.4, -0.2) is 23.8 Å². The van der Waals surface area contributed by atoms with Crippen LogP contribution in [0.4, 0.5) is 0 Å². The maximum atomic E-state index is 6.49. The summed E-state index contributed by atoms with van der Waals surface area (Å²) in [6.45, 7) is 10.6. The number of fused-ring (bicyclic) bond motifs is 12. The first-order chi connectivity index (χ1) is 22.4. The summed E-state index contributed by atoms with van der Waals surface area (Å²) in [6.07, 6.45) is 3.95. The van der Waals surface area contributed by atoms with Gasteiger partial charge in [0.1, 0.15) is 0 Å². The van der Waals surface area contributed by atoms with E-state index in [-0.39, 0.29) is 21.1 Å². The Morgan fingerprint density at radius 1 is 0.681 bits per heavy atom. The van der Waals surface area contributed by atoms with Gasteiger partial charge in [0.05, 0.1) is 28.0 Å². The van der Waals surface area contributed by atoms with Crippen LogP contribution in [0.2, 0.25) is 0 Å². The Kier molecular flexibility index (Phi) is 6.71. The van der Waals surface area contributed by atoms with E-state index in [4.69, 9.17) is 19.7 Å². The first-order valence-electron chi connectivity index (χ1n) is 15.5. The Hall–Kier alpha value is -5.06. The van der Waals surface area contributed by atoms with Gasteiger partial charge >= 0.3 is 21.1 Å². The van der Waals surface area contributed by atoms with Crippen LogP contribution in [0, 0.1) is 46.8 Å². The van der Waals surface area contributed by atoms with Gasteiger partial charge < -0.3 is 13.5 Å². The van der Waals surface area contributed by atoms with Gasteiger partial charge in [-0.2, -0.15) is 0 Å². The number of hydrogen-bond acceptors (Lipinski definition) is 4. The molecule has 0 unspecified atom stereocenters. The molecule has 0 fully saturated rings. The van der Waals surface area contributed by atoms with Crippen molar-refractivity contribution in [3.63, 3.8) is 0 Å². The summed E-state index contributed by atoms with van der Waals surface area (Å²) < 4.78 is 10.8. The van der Waals surface area contributed by atoms with Gasteiger partial charge in [-0.25, -0.2) is 0 Å². The molecule has 0 aliphatic carbocycles. The molecule has 6 nitrogen and oxygen atoms in total. The van der Waals surface area contributed by atoms with E-state index >= 15 is 0 Å². The zero-order chi connectivity index (χ0) is 31.3. The number of benzene rings is 4. The third-order valence-electron chi connectivity index (χ3n) is 9.22. The maximum absolute atomic E-state index is 6.49. The summed E-state index contributed by atoms with van der Waals surface area (Å²) >= 11 is 0. The topological polar surface area (TPSA) is 56.7 Å². The first kappa shape index (κ1) is 29.3. The average molecular weight is 791 g/mol. The van der Waals surface area contributed by atoms with Crippen molar-refractivity contribution in [3.8, 4) is 22.8 Å². The molecule has 0 aliphatic heterocycles. The molecule has 0 amide bonds. The first-order valence-corrected chi connectivity index (χ1v) is 15.5. The molecule has 0 radical (unpaired) electrons. The monoisotopic (exact) mass is 790 g/mol. The Labute approximate surface area is 285 Å². The van der Waals surface area contributed by atoms with Gasteiger partial charge in [0.15, 0.2) is 0 Å². The summed E-state index contributed by atoms with van der Waals surface area (Å²) in [7, 11) is 0. The predicted octanol–water partition coefficient (Wildman–Crippen LogP) is 9.59. The van der Waals surface area contributed by atoms with E-state index in [0.29, 0.717) is 11.5 Å². The number of aryl methyl sites for hydroxylation is 5. The molecule has 0 spiro atoms. The van der Waals surface area contributed by atoms with Crippen molar-refractivity contribution in [1.82, 2.24) is 23.8 Å². The number of imidazole rings is 2. The van der Waals surface area contributed by atoms with Gasteiger partial charge in [-0.1, -0.05) is 81.7 Å². The minimum absolute atomic E-state index is 0. The van der Waals surface area contributed by atoms with E-state index in [2.05, 4.69) is 116 Å². The van der Waals surface area contributed by atoms with Crippen molar-refractivity contribution in [2.24, 2.45) is 0 Å². The molecule has 7 heteroatoms. The number of pyridine rings is 3. The molecule has 0 bridgehead atoms. The zero-order valence-corrected chi connectivity index (χ0v) is 28.8. The van der Waals surface area contributed by atoms with Crippen LogP contribution >= 0.6 is 0 Å². The number of hydrogen-bond donors (Lipinski definition) is 0. The molecule has 0 saturated carbocycles. The SMILES string of the molecule is Cc1cc(C)c(-c2cn3c4cccnc4c4ccc(Oc5[c-]c6c(cc5)c5ccccc5n5c(C)c(C)nc65)[c-]c4c3n2)c(C)c1.[Pt+2]. The molecule has 5 heterocycles. The van der Waals surface area contributed by atoms with Gasteiger partial charge in [-0.3, -0.25) is 15.0 Å². The van der Waals surface area contributed by atoms with Crippen molar-refractivity contribution in [3.05, 3.63) is 125 Å². The van der Waals surface area contributed by atoms with E-state index < -0.39 is 0 Å². The van der Waals surface area contributed by atoms with E-state index in [1.54, 1.807) is 0 Å². The van der Waals surface area contributed by atoms with Crippen LogP contribution < -0.4 is 4.74 Å². The Morgan fingerprint density at radius 3 is 2.13 bits per heavy atom. The van der Waals surface area contributed by atoms with Crippen LogP contribution in [0.1, 0.15) is 28.1 Å². The van der Waals surface area contributed by atoms with Crippen molar-refractivity contribution in [2.75, 3.05) is 0 Å². The van der Waals surface area contributed by atoms with E-state index in [1.807, 2.05) is 24.4 Å². The smallest absolute Gasteiger partial charge is 0.497 e.